The van der Waals surface area contributed by atoms with Gasteiger partial charge in [0.15, 0.2) is 24.8 Å². The maximum atomic E-state index is 13.2. The number of benzene rings is 4. The molecule has 1 heterocycles. The van der Waals surface area contributed by atoms with Crippen LogP contribution in [0.15, 0.2) is 91.0 Å². The molecular formula is C32H19Cl2NO8. The molecule has 43 heavy (non-hydrogen) atoms. The van der Waals surface area contributed by atoms with Gasteiger partial charge in [-0.1, -0.05) is 23.2 Å². The number of fused-ring (bicyclic) bond motifs is 1. The molecule has 0 N–H and O–H groups in total. The molecule has 4 aromatic rings. The van der Waals surface area contributed by atoms with E-state index < -0.39 is 48.5 Å². The molecule has 0 aromatic heterocycles. The van der Waals surface area contributed by atoms with E-state index in [2.05, 4.69) is 0 Å². The van der Waals surface area contributed by atoms with Crippen LogP contribution in [0.3, 0.4) is 0 Å². The molecular weight excluding hydrogens is 597 g/mol. The first-order valence-electron chi connectivity index (χ1n) is 12.7. The molecule has 0 radical (unpaired) electrons. The Kier molecular flexibility index (Phi) is 8.47. The highest BCUT2D eigenvalue weighted by molar-refractivity contribution is 6.35. The molecule has 0 bridgehead atoms. The Morgan fingerprint density at radius 2 is 0.953 bits per heavy atom. The highest BCUT2D eigenvalue weighted by Gasteiger charge is 2.37. The van der Waals surface area contributed by atoms with Crippen molar-refractivity contribution in [2.75, 3.05) is 18.1 Å². The molecule has 0 fully saturated rings. The van der Waals surface area contributed by atoms with Gasteiger partial charge >= 0.3 is 11.9 Å². The topological polar surface area (TPSA) is 124 Å². The normalized spacial score (nSPS) is 12.1. The molecule has 0 aliphatic carbocycles. The summed E-state index contributed by atoms with van der Waals surface area (Å²) in [5, 5.41) is 0.922. The minimum Gasteiger partial charge on any atom is -0.454 e. The number of hydrogen-bond donors (Lipinski definition) is 0. The van der Waals surface area contributed by atoms with Crippen LogP contribution in [-0.4, -0.2) is 48.5 Å². The van der Waals surface area contributed by atoms with Crippen molar-refractivity contribution < 1.29 is 38.2 Å². The summed E-state index contributed by atoms with van der Waals surface area (Å²) in [6.45, 7) is -1.01. The van der Waals surface area contributed by atoms with Gasteiger partial charge in [-0.25, -0.2) is 14.5 Å². The highest BCUT2D eigenvalue weighted by Crippen LogP contribution is 2.29. The lowest BCUT2D eigenvalue weighted by molar-refractivity contribution is 0.0472. The van der Waals surface area contributed by atoms with E-state index in [-0.39, 0.29) is 27.9 Å². The third-order valence-electron chi connectivity index (χ3n) is 6.48. The Balaban J connectivity index is 1.22. The van der Waals surface area contributed by atoms with Crippen molar-refractivity contribution in [2.45, 2.75) is 0 Å². The van der Waals surface area contributed by atoms with Crippen LogP contribution in [0.5, 0.6) is 0 Å². The first kappa shape index (κ1) is 29.4. The van der Waals surface area contributed by atoms with Crippen molar-refractivity contribution >= 4 is 64.2 Å². The summed E-state index contributed by atoms with van der Waals surface area (Å²) < 4.78 is 10.2. The number of ether oxygens (including phenoxy) is 2. The zero-order valence-electron chi connectivity index (χ0n) is 22.0. The SMILES string of the molecule is O=C(COC(=O)c1ccc(N2C(=O)c3ccc(C(=O)OCC(=O)c4ccc(Cl)cc4)cc3C2=O)cc1)c1ccc(Cl)cc1. The zero-order valence-corrected chi connectivity index (χ0v) is 23.6. The lowest BCUT2D eigenvalue weighted by Crippen LogP contribution is -2.29. The number of ketones is 2. The first-order chi connectivity index (χ1) is 20.6. The minimum atomic E-state index is -0.846. The number of rotatable bonds is 9. The Labute approximate surface area is 254 Å². The molecule has 0 unspecified atom stereocenters. The predicted octanol–water partition coefficient (Wildman–Crippen LogP) is 5.87. The summed E-state index contributed by atoms with van der Waals surface area (Å²) in [6, 6.07) is 21.6. The number of carbonyl (C=O) groups is 6. The molecule has 0 spiro atoms. The molecule has 9 nitrogen and oxygen atoms in total. The predicted molar refractivity (Wildman–Crippen MR) is 156 cm³/mol. The standard InChI is InChI=1S/C32H19Cl2NO8/c33-22-8-1-18(2-9-22)27(36)16-42-31(40)20-5-12-24(13-6-20)35-29(38)25-14-7-21(15-26(25)30(35)39)32(41)43-17-28(37)19-3-10-23(34)11-4-19/h1-15H,16-17H2. The summed E-state index contributed by atoms with van der Waals surface area (Å²) in [5.41, 5.74) is 0.960. The fraction of sp³-hybridized carbons (Fsp3) is 0.0625. The average molecular weight is 616 g/mol. The van der Waals surface area contributed by atoms with E-state index >= 15 is 0 Å². The van der Waals surface area contributed by atoms with Crippen LogP contribution in [0.4, 0.5) is 5.69 Å². The molecule has 214 valence electrons. The molecule has 2 amide bonds. The third-order valence-corrected chi connectivity index (χ3v) is 6.99. The summed E-state index contributed by atoms with van der Waals surface area (Å²) in [5.74, 6) is -3.78. The maximum Gasteiger partial charge on any atom is 0.338 e. The fourth-order valence-electron chi connectivity index (χ4n) is 4.22. The number of carbonyl (C=O) groups excluding carboxylic acids is 6. The minimum absolute atomic E-state index is 0.0168. The van der Waals surface area contributed by atoms with Gasteiger partial charge in [0.1, 0.15) is 0 Å². The average Bonchev–Trinajstić information content (AvgIpc) is 3.27. The highest BCUT2D eigenvalue weighted by atomic mass is 35.5. The Bertz CT molecular complexity index is 1780. The van der Waals surface area contributed by atoms with Crippen molar-refractivity contribution in [3.05, 3.63) is 134 Å². The summed E-state index contributed by atoms with van der Waals surface area (Å²) in [4.78, 5) is 76.7. The monoisotopic (exact) mass is 615 g/mol. The van der Waals surface area contributed by atoms with Crippen molar-refractivity contribution in [3.63, 3.8) is 0 Å². The number of hydrogen-bond acceptors (Lipinski definition) is 8. The molecule has 11 heteroatoms. The van der Waals surface area contributed by atoms with Crippen molar-refractivity contribution in [1.29, 1.82) is 0 Å². The summed E-state index contributed by atoms with van der Waals surface area (Å²) in [6.07, 6.45) is 0. The van der Waals surface area contributed by atoms with Gasteiger partial charge < -0.3 is 9.47 Å². The van der Waals surface area contributed by atoms with Gasteiger partial charge in [-0.05, 0) is 91.0 Å². The van der Waals surface area contributed by atoms with Crippen LogP contribution in [0.1, 0.15) is 62.1 Å². The van der Waals surface area contributed by atoms with Crippen molar-refractivity contribution in [3.8, 4) is 0 Å². The Morgan fingerprint density at radius 3 is 1.47 bits per heavy atom. The van der Waals surface area contributed by atoms with E-state index in [4.69, 9.17) is 32.7 Å². The molecule has 5 rings (SSSR count). The Hall–Kier alpha value is -5.12. The van der Waals surface area contributed by atoms with E-state index in [1.807, 2.05) is 0 Å². The van der Waals surface area contributed by atoms with E-state index in [9.17, 15) is 28.8 Å². The van der Waals surface area contributed by atoms with Crippen LogP contribution in [0.2, 0.25) is 10.0 Å². The van der Waals surface area contributed by atoms with Crippen molar-refractivity contribution in [1.82, 2.24) is 0 Å². The largest absolute Gasteiger partial charge is 0.454 e. The van der Waals surface area contributed by atoms with Crippen LogP contribution in [-0.2, 0) is 9.47 Å². The smallest absolute Gasteiger partial charge is 0.338 e. The first-order valence-corrected chi connectivity index (χ1v) is 13.4. The molecule has 0 saturated carbocycles. The van der Waals surface area contributed by atoms with Gasteiger partial charge in [0.25, 0.3) is 11.8 Å². The third kappa shape index (κ3) is 6.38. The van der Waals surface area contributed by atoms with E-state index in [1.54, 1.807) is 12.1 Å². The van der Waals surface area contributed by atoms with Crippen LogP contribution in [0.25, 0.3) is 0 Å². The summed E-state index contributed by atoms with van der Waals surface area (Å²) >= 11 is 11.6. The number of nitrogens with zero attached hydrogens (tertiary/aromatic N) is 1. The van der Waals surface area contributed by atoms with Crippen LogP contribution in [0, 0.1) is 0 Å². The number of Topliss-reactive ketones (excluding diaryl/α,β-unsaturated/α-hetero) is 2. The molecule has 1 aliphatic rings. The second-order valence-corrected chi connectivity index (χ2v) is 10.1. The lowest BCUT2D eigenvalue weighted by atomic mass is 10.1. The number of halogens is 2. The van der Waals surface area contributed by atoms with Gasteiger partial charge in [0.05, 0.1) is 27.9 Å². The maximum absolute atomic E-state index is 13.2. The summed E-state index contributed by atoms with van der Waals surface area (Å²) in [7, 11) is 0. The fourth-order valence-corrected chi connectivity index (χ4v) is 4.47. The number of esters is 2. The van der Waals surface area contributed by atoms with Gasteiger partial charge in [0.2, 0.25) is 0 Å². The van der Waals surface area contributed by atoms with Crippen LogP contribution >= 0.6 is 23.2 Å². The number of anilines is 1. The van der Waals surface area contributed by atoms with E-state index in [0.29, 0.717) is 21.2 Å². The quantitative estimate of drug-likeness (QED) is 0.130. The van der Waals surface area contributed by atoms with Gasteiger partial charge in [-0.2, -0.15) is 0 Å². The molecule has 4 aromatic carbocycles. The number of imide groups is 1. The van der Waals surface area contributed by atoms with Crippen molar-refractivity contribution in [2.24, 2.45) is 0 Å². The number of amides is 2. The zero-order chi connectivity index (χ0) is 30.7. The van der Waals surface area contributed by atoms with Gasteiger partial charge in [0, 0.05) is 21.2 Å². The van der Waals surface area contributed by atoms with Gasteiger partial charge in [-0.15, -0.1) is 0 Å². The molecule has 1 aliphatic heterocycles. The Morgan fingerprint density at radius 1 is 0.535 bits per heavy atom. The second kappa shape index (κ2) is 12.4. The molecule has 0 saturated heterocycles. The van der Waals surface area contributed by atoms with Crippen LogP contribution < -0.4 is 4.90 Å². The second-order valence-electron chi connectivity index (χ2n) is 9.27. The van der Waals surface area contributed by atoms with E-state index in [1.165, 1.54) is 78.9 Å². The van der Waals surface area contributed by atoms with Gasteiger partial charge in [-0.3, -0.25) is 19.2 Å². The van der Waals surface area contributed by atoms with E-state index in [0.717, 1.165) is 4.90 Å². The lowest BCUT2D eigenvalue weighted by Gasteiger charge is -2.14. The molecule has 0 atom stereocenters.